The monoisotopic (exact) mass is 325 g/mol. The van der Waals surface area contributed by atoms with Crippen LogP contribution in [0.4, 0.5) is 5.69 Å². The van der Waals surface area contributed by atoms with Crippen molar-refractivity contribution in [2.75, 3.05) is 31.1 Å². The molecule has 1 fully saturated rings. The number of carbonyl (C=O) groups excluding carboxylic acids is 1. The summed E-state index contributed by atoms with van der Waals surface area (Å²) < 4.78 is 1.44. The zero-order valence-corrected chi connectivity index (χ0v) is 14.5. The predicted octanol–water partition coefficient (Wildman–Crippen LogP) is 1.96. The number of anilines is 1. The summed E-state index contributed by atoms with van der Waals surface area (Å²) in [4.78, 5) is 28.3. The van der Waals surface area contributed by atoms with E-state index >= 15 is 0 Å². The summed E-state index contributed by atoms with van der Waals surface area (Å²) in [6.07, 6.45) is 1.61. The Kier molecular flexibility index (Phi) is 4.42. The van der Waals surface area contributed by atoms with Gasteiger partial charge in [0.2, 0.25) is 5.56 Å². The number of amides is 1. The molecule has 1 aromatic heterocycles. The smallest absolute Gasteiger partial charge is 0.255 e. The van der Waals surface area contributed by atoms with E-state index in [1.54, 1.807) is 19.3 Å². The molecule has 126 valence electrons. The minimum absolute atomic E-state index is 0.00814. The maximum absolute atomic E-state index is 12.6. The van der Waals surface area contributed by atoms with Crippen molar-refractivity contribution in [2.45, 2.75) is 13.8 Å². The van der Waals surface area contributed by atoms with Gasteiger partial charge in [-0.1, -0.05) is 12.1 Å². The molecule has 0 saturated carbocycles. The number of hydrogen-bond donors (Lipinski definition) is 0. The Hall–Kier alpha value is -2.56. The van der Waals surface area contributed by atoms with Crippen molar-refractivity contribution in [3.8, 4) is 0 Å². The third-order valence-electron chi connectivity index (χ3n) is 4.82. The van der Waals surface area contributed by atoms with Gasteiger partial charge >= 0.3 is 0 Å². The number of hydrogen-bond acceptors (Lipinski definition) is 3. The Morgan fingerprint density at radius 3 is 2.38 bits per heavy atom. The van der Waals surface area contributed by atoms with E-state index in [1.165, 1.54) is 27.4 Å². The zero-order chi connectivity index (χ0) is 17.3. The van der Waals surface area contributed by atoms with Gasteiger partial charge in [-0.3, -0.25) is 9.59 Å². The Labute approximate surface area is 142 Å². The van der Waals surface area contributed by atoms with Crippen molar-refractivity contribution in [3.63, 3.8) is 0 Å². The Bertz CT molecular complexity index is 818. The molecule has 1 aliphatic rings. The summed E-state index contributed by atoms with van der Waals surface area (Å²) in [5.41, 5.74) is 4.30. The molecule has 3 rings (SSSR count). The van der Waals surface area contributed by atoms with Crippen molar-refractivity contribution in [1.29, 1.82) is 0 Å². The van der Waals surface area contributed by atoms with Gasteiger partial charge in [-0.05, 0) is 37.1 Å². The highest BCUT2D eigenvalue weighted by molar-refractivity contribution is 5.94. The minimum Gasteiger partial charge on any atom is -0.368 e. The molecule has 2 heterocycles. The first kappa shape index (κ1) is 16.3. The summed E-state index contributed by atoms with van der Waals surface area (Å²) in [6, 6.07) is 9.41. The average molecular weight is 325 g/mol. The van der Waals surface area contributed by atoms with Crippen LogP contribution in [0, 0.1) is 13.8 Å². The summed E-state index contributed by atoms with van der Waals surface area (Å²) >= 11 is 0. The molecular weight excluding hydrogens is 302 g/mol. The van der Waals surface area contributed by atoms with Crippen LogP contribution in [0.3, 0.4) is 0 Å². The Morgan fingerprint density at radius 1 is 1.00 bits per heavy atom. The highest BCUT2D eigenvalue weighted by Crippen LogP contribution is 2.24. The third-order valence-corrected chi connectivity index (χ3v) is 4.82. The van der Waals surface area contributed by atoms with E-state index in [0.29, 0.717) is 18.7 Å². The van der Waals surface area contributed by atoms with Crippen molar-refractivity contribution in [3.05, 3.63) is 63.6 Å². The van der Waals surface area contributed by atoms with Crippen molar-refractivity contribution < 1.29 is 4.79 Å². The fourth-order valence-electron chi connectivity index (χ4n) is 3.13. The van der Waals surface area contributed by atoms with Crippen LogP contribution in [0.2, 0.25) is 0 Å². The van der Waals surface area contributed by atoms with Gasteiger partial charge in [-0.15, -0.1) is 0 Å². The number of pyridine rings is 1. The molecule has 2 aromatic rings. The second kappa shape index (κ2) is 6.51. The van der Waals surface area contributed by atoms with E-state index in [0.717, 1.165) is 13.1 Å². The molecule has 0 unspecified atom stereocenters. The maximum Gasteiger partial charge on any atom is 0.255 e. The second-order valence-electron chi connectivity index (χ2n) is 6.37. The molecule has 1 aliphatic heterocycles. The van der Waals surface area contributed by atoms with Gasteiger partial charge < -0.3 is 14.4 Å². The lowest BCUT2D eigenvalue weighted by Gasteiger charge is -2.37. The third kappa shape index (κ3) is 3.07. The van der Waals surface area contributed by atoms with E-state index in [2.05, 4.69) is 36.9 Å². The molecule has 0 radical (unpaired) electrons. The predicted molar refractivity (Wildman–Crippen MR) is 95.7 cm³/mol. The highest BCUT2D eigenvalue weighted by Gasteiger charge is 2.23. The lowest BCUT2D eigenvalue weighted by Crippen LogP contribution is -2.49. The zero-order valence-electron chi connectivity index (χ0n) is 14.5. The molecule has 5 heteroatoms. The van der Waals surface area contributed by atoms with Crippen LogP contribution in [-0.2, 0) is 7.05 Å². The van der Waals surface area contributed by atoms with Crippen LogP contribution in [0.15, 0.2) is 41.3 Å². The molecule has 1 amide bonds. The number of piperazine rings is 1. The number of aryl methyl sites for hydroxylation is 2. The van der Waals surface area contributed by atoms with Crippen LogP contribution >= 0.6 is 0 Å². The molecule has 1 saturated heterocycles. The second-order valence-corrected chi connectivity index (χ2v) is 6.37. The van der Waals surface area contributed by atoms with Gasteiger partial charge in [-0.2, -0.15) is 0 Å². The lowest BCUT2D eigenvalue weighted by atomic mass is 10.1. The first-order valence-corrected chi connectivity index (χ1v) is 8.24. The molecule has 5 nitrogen and oxygen atoms in total. The quantitative estimate of drug-likeness (QED) is 0.848. The van der Waals surface area contributed by atoms with Crippen LogP contribution < -0.4 is 10.5 Å². The molecule has 24 heavy (non-hydrogen) atoms. The van der Waals surface area contributed by atoms with Crippen molar-refractivity contribution in [1.82, 2.24) is 9.47 Å². The van der Waals surface area contributed by atoms with Gasteiger partial charge in [0.05, 0.1) is 5.56 Å². The van der Waals surface area contributed by atoms with Gasteiger partial charge in [0, 0.05) is 51.2 Å². The molecule has 0 atom stereocenters. The van der Waals surface area contributed by atoms with Crippen molar-refractivity contribution in [2.24, 2.45) is 7.05 Å². The van der Waals surface area contributed by atoms with Gasteiger partial charge in [0.25, 0.3) is 5.91 Å². The van der Waals surface area contributed by atoms with Crippen LogP contribution in [0.1, 0.15) is 21.5 Å². The number of rotatable bonds is 2. The number of benzene rings is 1. The fourth-order valence-corrected chi connectivity index (χ4v) is 3.13. The average Bonchev–Trinajstić information content (AvgIpc) is 2.59. The highest BCUT2D eigenvalue weighted by atomic mass is 16.2. The Balaban J connectivity index is 1.70. The van der Waals surface area contributed by atoms with Crippen LogP contribution in [0.25, 0.3) is 0 Å². The van der Waals surface area contributed by atoms with E-state index in [-0.39, 0.29) is 11.5 Å². The Morgan fingerprint density at radius 2 is 1.71 bits per heavy atom. The number of aromatic nitrogens is 1. The summed E-state index contributed by atoms with van der Waals surface area (Å²) in [5.74, 6) is -0.00814. The molecule has 0 spiro atoms. The first-order chi connectivity index (χ1) is 11.5. The first-order valence-electron chi connectivity index (χ1n) is 8.24. The molecule has 1 aromatic carbocycles. The van der Waals surface area contributed by atoms with Crippen LogP contribution in [-0.4, -0.2) is 41.6 Å². The normalized spacial score (nSPS) is 14.8. The molecular formula is C19H23N3O2. The van der Waals surface area contributed by atoms with Gasteiger partial charge in [0.1, 0.15) is 0 Å². The standard InChI is InChI=1S/C19H23N3O2/c1-14-5-4-6-17(15(14)2)21-9-11-22(12-10-21)19(24)16-7-8-18(23)20(3)13-16/h4-8,13H,9-12H2,1-3H3. The SMILES string of the molecule is Cc1cccc(N2CCN(C(=O)c3ccc(=O)n(C)c3)CC2)c1C. The van der Waals surface area contributed by atoms with E-state index in [4.69, 9.17) is 0 Å². The molecule has 0 bridgehead atoms. The number of carbonyl (C=O) groups is 1. The molecule has 0 N–H and O–H groups in total. The maximum atomic E-state index is 12.6. The largest absolute Gasteiger partial charge is 0.368 e. The van der Waals surface area contributed by atoms with E-state index in [9.17, 15) is 9.59 Å². The van der Waals surface area contributed by atoms with Gasteiger partial charge in [-0.25, -0.2) is 0 Å². The molecule has 0 aliphatic carbocycles. The van der Waals surface area contributed by atoms with E-state index in [1.807, 2.05) is 4.90 Å². The topological polar surface area (TPSA) is 45.6 Å². The summed E-state index contributed by atoms with van der Waals surface area (Å²) in [7, 11) is 1.66. The lowest BCUT2D eigenvalue weighted by molar-refractivity contribution is 0.0746. The van der Waals surface area contributed by atoms with E-state index < -0.39 is 0 Å². The van der Waals surface area contributed by atoms with Crippen molar-refractivity contribution >= 4 is 11.6 Å². The summed E-state index contributed by atoms with van der Waals surface area (Å²) in [5, 5.41) is 0. The minimum atomic E-state index is -0.105. The fraction of sp³-hybridized carbons (Fsp3) is 0.368. The number of nitrogens with zero attached hydrogens (tertiary/aromatic N) is 3. The van der Waals surface area contributed by atoms with Gasteiger partial charge in [0.15, 0.2) is 0 Å². The van der Waals surface area contributed by atoms with Crippen LogP contribution in [0.5, 0.6) is 0 Å². The summed E-state index contributed by atoms with van der Waals surface area (Å²) in [6.45, 7) is 7.29.